The van der Waals surface area contributed by atoms with E-state index in [9.17, 15) is 19.2 Å². The molecule has 45 heavy (non-hydrogen) atoms. The van der Waals surface area contributed by atoms with Gasteiger partial charge in [-0.15, -0.1) is 0 Å². The molecule has 0 spiro atoms. The highest BCUT2D eigenvalue weighted by atomic mass is 19.1. The molecule has 0 amide bonds. The van der Waals surface area contributed by atoms with Gasteiger partial charge in [0.1, 0.15) is 5.82 Å². The average molecular weight is 609 g/mol. The van der Waals surface area contributed by atoms with Crippen LogP contribution in [-0.4, -0.2) is 23.9 Å². The third kappa shape index (κ3) is 7.05. The van der Waals surface area contributed by atoms with Crippen LogP contribution in [0.4, 0.5) is 4.39 Å². The smallest absolute Gasteiger partial charge is 0.338 e. The minimum absolute atomic E-state index is 0.0224. The first-order chi connectivity index (χ1) is 21.2. The Morgan fingerprint density at radius 2 is 0.911 bits per heavy atom. The van der Waals surface area contributed by atoms with Gasteiger partial charge in [0.15, 0.2) is 23.0 Å². The Kier molecular flexibility index (Phi) is 9.13. The maximum Gasteiger partial charge on any atom is 0.338 e. The largest absolute Gasteiger partial charge is 0.419 e. The summed E-state index contributed by atoms with van der Waals surface area (Å²) in [6.45, 7) is 20.1. The van der Waals surface area contributed by atoms with Crippen LogP contribution in [-0.2, 0) is 19.2 Å². The van der Waals surface area contributed by atoms with Crippen molar-refractivity contribution in [2.45, 2.75) is 27.7 Å². The van der Waals surface area contributed by atoms with Crippen molar-refractivity contribution >= 4 is 45.4 Å². The van der Waals surface area contributed by atoms with Crippen LogP contribution < -0.4 is 18.9 Å². The SMILES string of the molecule is C=C(C)C(=O)Oc1ccc(-c2cc3ccc4cc(OC(=O)C(=C)C)c(OC(=O)C(=C)C)cc4c3cc2F)cc1OC(=O)C(=C)C. The van der Waals surface area contributed by atoms with Crippen molar-refractivity contribution < 1.29 is 42.5 Å². The van der Waals surface area contributed by atoms with Gasteiger partial charge in [-0.1, -0.05) is 44.5 Å². The molecule has 0 fully saturated rings. The van der Waals surface area contributed by atoms with E-state index in [1.54, 1.807) is 18.2 Å². The fraction of sp³-hybridized carbons (Fsp3) is 0.111. The molecule has 0 heterocycles. The van der Waals surface area contributed by atoms with E-state index >= 15 is 4.39 Å². The second-order valence-corrected chi connectivity index (χ2v) is 10.5. The Bertz CT molecular complexity index is 2000. The van der Waals surface area contributed by atoms with Crippen molar-refractivity contribution in [1.29, 1.82) is 0 Å². The third-order valence-corrected chi connectivity index (χ3v) is 6.45. The molecule has 9 heteroatoms. The molecular weight excluding hydrogens is 579 g/mol. The van der Waals surface area contributed by atoms with Crippen LogP contribution in [0.5, 0.6) is 23.0 Å². The molecule has 0 unspecified atom stereocenters. The fourth-order valence-electron chi connectivity index (χ4n) is 4.06. The first-order valence-electron chi connectivity index (χ1n) is 13.5. The molecule has 4 rings (SSSR count). The standard InChI is InChI=1S/C36H29FO8/c1-18(2)33(38)42-29-12-11-24(15-30(29)43-34(39)19(3)4)27-13-22-9-10-23-14-31(44-35(40)20(5)6)32(45-36(41)21(7)8)17-26(23)25(22)16-28(27)37/h9-17H,1,3,5,7H2,2,4,6,8H3. The Morgan fingerprint density at radius 3 is 1.40 bits per heavy atom. The van der Waals surface area contributed by atoms with Crippen molar-refractivity contribution in [3.05, 3.63) is 109 Å². The summed E-state index contributed by atoms with van der Waals surface area (Å²) in [5.74, 6) is -3.84. The van der Waals surface area contributed by atoms with Crippen molar-refractivity contribution in [2.75, 3.05) is 0 Å². The van der Waals surface area contributed by atoms with E-state index in [1.165, 1.54) is 64.1 Å². The predicted molar refractivity (Wildman–Crippen MR) is 169 cm³/mol. The number of hydrogen-bond acceptors (Lipinski definition) is 8. The molecule has 0 saturated heterocycles. The van der Waals surface area contributed by atoms with Crippen LogP contribution in [0.25, 0.3) is 32.7 Å². The predicted octanol–water partition coefficient (Wildman–Crippen LogP) is 7.73. The molecule has 0 atom stereocenters. The van der Waals surface area contributed by atoms with Gasteiger partial charge in [-0.25, -0.2) is 23.6 Å². The van der Waals surface area contributed by atoms with Gasteiger partial charge in [0.2, 0.25) is 0 Å². The number of esters is 4. The Balaban J connectivity index is 1.86. The zero-order valence-electron chi connectivity index (χ0n) is 25.2. The molecule has 0 radical (unpaired) electrons. The van der Waals surface area contributed by atoms with Crippen LogP contribution in [0.3, 0.4) is 0 Å². The van der Waals surface area contributed by atoms with E-state index in [2.05, 4.69) is 26.3 Å². The lowest BCUT2D eigenvalue weighted by Gasteiger charge is -2.15. The highest BCUT2D eigenvalue weighted by Gasteiger charge is 2.20. The first kappa shape index (κ1) is 32.1. The van der Waals surface area contributed by atoms with E-state index in [1.807, 2.05) is 0 Å². The number of fused-ring (bicyclic) bond motifs is 3. The van der Waals surface area contributed by atoms with Crippen molar-refractivity contribution in [1.82, 2.24) is 0 Å². The zero-order chi connectivity index (χ0) is 33.2. The van der Waals surface area contributed by atoms with Crippen molar-refractivity contribution in [3.8, 4) is 34.1 Å². The quantitative estimate of drug-likeness (QED) is 0.0823. The summed E-state index contributed by atoms with van der Waals surface area (Å²) >= 11 is 0. The van der Waals surface area contributed by atoms with Gasteiger partial charge >= 0.3 is 23.9 Å². The summed E-state index contributed by atoms with van der Waals surface area (Å²) in [6.07, 6.45) is 0. The number of carbonyl (C=O) groups excluding carboxylic acids is 4. The van der Waals surface area contributed by atoms with Gasteiger partial charge < -0.3 is 18.9 Å². The number of halogens is 1. The third-order valence-electron chi connectivity index (χ3n) is 6.45. The van der Waals surface area contributed by atoms with Crippen LogP contribution in [0.15, 0.2) is 103 Å². The lowest BCUT2D eigenvalue weighted by molar-refractivity contribution is -0.132. The topological polar surface area (TPSA) is 105 Å². The number of ether oxygens (including phenoxy) is 4. The Labute approximate surface area is 258 Å². The van der Waals surface area contributed by atoms with E-state index in [0.29, 0.717) is 27.1 Å². The van der Waals surface area contributed by atoms with Gasteiger partial charge in [-0.2, -0.15) is 0 Å². The summed E-state index contributed by atoms with van der Waals surface area (Å²) < 4.78 is 37.4. The van der Waals surface area contributed by atoms with Crippen molar-refractivity contribution in [2.24, 2.45) is 0 Å². The second-order valence-electron chi connectivity index (χ2n) is 10.5. The minimum Gasteiger partial charge on any atom is -0.419 e. The van der Waals surface area contributed by atoms with Crippen LogP contribution in [0.2, 0.25) is 0 Å². The van der Waals surface area contributed by atoms with E-state index in [0.717, 1.165) is 0 Å². The van der Waals surface area contributed by atoms with Crippen LogP contribution >= 0.6 is 0 Å². The lowest BCUT2D eigenvalue weighted by atomic mass is 9.96. The zero-order valence-corrected chi connectivity index (χ0v) is 25.2. The molecule has 0 aliphatic rings. The molecule has 4 aromatic rings. The molecule has 0 aliphatic heterocycles. The monoisotopic (exact) mass is 608 g/mol. The number of carbonyl (C=O) groups is 4. The highest BCUT2D eigenvalue weighted by Crippen LogP contribution is 2.40. The molecule has 0 saturated carbocycles. The normalized spacial score (nSPS) is 10.6. The molecule has 228 valence electrons. The molecule has 4 aromatic carbocycles. The maximum atomic E-state index is 15.8. The van der Waals surface area contributed by atoms with Gasteiger partial charge in [0.05, 0.1) is 0 Å². The Morgan fingerprint density at radius 1 is 0.511 bits per heavy atom. The molecule has 0 aliphatic carbocycles. The maximum absolute atomic E-state index is 15.8. The van der Waals surface area contributed by atoms with Gasteiger partial charge in [0, 0.05) is 27.9 Å². The minimum atomic E-state index is -0.762. The second kappa shape index (κ2) is 12.8. The summed E-state index contributed by atoms with van der Waals surface area (Å²) in [5, 5.41) is 2.17. The fourth-order valence-corrected chi connectivity index (χ4v) is 4.06. The van der Waals surface area contributed by atoms with Gasteiger partial charge in [-0.3, -0.25) is 0 Å². The molecule has 0 bridgehead atoms. The summed E-state index contributed by atoms with van der Waals surface area (Å²) in [7, 11) is 0. The number of rotatable bonds is 9. The van der Waals surface area contributed by atoms with E-state index < -0.39 is 29.7 Å². The van der Waals surface area contributed by atoms with Crippen LogP contribution in [0, 0.1) is 5.82 Å². The molecular formula is C36H29FO8. The molecule has 0 N–H and O–H groups in total. The van der Waals surface area contributed by atoms with Crippen LogP contribution in [0.1, 0.15) is 27.7 Å². The first-order valence-corrected chi connectivity index (χ1v) is 13.5. The summed E-state index contributed by atoms with van der Waals surface area (Å²) in [6, 6.07) is 13.7. The number of hydrogen-bond donors (Lipinski definition) is 0. The summed E-state index contributed by atoms with van der Waals surface area (Å²) in [4.78, 5) is 49.1. The number of benzene rings is 4. The highest BCUT2D eigenvalue weighted by molar-refractivity contribution is 6.10. The Hall–Kier alpha value is -5.83. The molecule has 8 nitrogen and oxygen atoms in total. The van der Waals surface area contributed by atoms with Gasteiger partial charge in [0.25, 0.3) is 0 Å². The average Bonchev–Trinajstić information content (AvgIpc) is 2.97. The van der Waals surface area contributed by atoms with E-state index in [-0.39, 0.29) is 50.9 Å². The lowest BCUT2D eigenvalue weighted by Crippen LogP contribution is -2.13. The van der Waals surface area contributed by atoms with Crippen molar-refractivity contribution in [3.63, 3.8) is 0 Å². The molecule has 0 aromatic heterocycles. The summed E-state index contributed by atoms with van der Waals surface area (Å²) in [5.41, 5.74) is 0.977. The van der Waals surface area contributed by atoms with E-state index in [4.69, 9.17) is 18.9 Å². The van der Waals surface area contributed by atoms with Gasteiger partial charge in [-0.05, 0) is 91.2 Å².